The Hall–Kier alpha value is -2.96. The zero-order valence-corrected chi connectivity index (χ0v) is 21.6. The van der Waals surface area contributed by atoms with Gasteiger partial charge in [-0.15, -0.1) is 0 Å². The van der Waals surface area contributed by atoms with Crippen LogP contribution in [0.1, 0.15) is 33.1 Å². The Kier molecular flexibility index (Phi) is 9.68. The standard InChI is InChI=1S/C22H31FN3O10P/c1-3-34-20(28)6-7-21(29)36-37(31,32)26(15(2)27)14-17-13-25(22(30)35-17)16-4-5-19(18(23)12-16)24-8-10-33-11-9-24/h4-5,17-18H,3,6-14H2,1-2H3,(H,31,32). The highest BCUT2D eigenvalue weighted by Crippen LogP contribution is 2.47. The number of ether oxygens (including phenoxy) is 3. The first-order chi connectivity index (χ1) is 17.5. The molecule has 3 unspecified atom stereocenters. The Balaban J connectivity index is 1.61. The largest absolute Gasteiger partial charge is 0.490 e. The van der Waals surface area contributed by atoms with E-state index in [1.165, 1.54) is 4.90 Å². The Labute approximate surface area is 213 Å². The zero-order valence-electron chi connectivity index (χ0n) is 20.7. The maximum Gasteiger partial charge on any atom is 0.490 e. The van der Waals surface area contributed by atoms with Gasteiger partial charge in [-0.2, -0.15) is 0 Å². The Morgan fingerprint density at radius 3 is 2.51 bits per heavy atom. The van der Waals surface area contributed by atoms with Crippen molar-refractivity contribution in [3.05, 3.63) is 23.5 Å². The highest BCUT2D eigenvalue weighted by Gasteiger charge is 2.42. The lowest BCUT2D eigenvalue weighted by atomic mass is 10.0. The Morgan fingerprint density at radius 2 is 1.89 bits per heavy atom. The summed E-state index contributed by atoms with van der Waals surface area (Å²) in [5, 5.41) is 0. The summed E-state index contributed by atoms with van der Waals surface area (Å²) < 4.78 is 47.8. The molecule has 2 saturated heterocycles. The molecule has 0 saturated carbocycles. The van der Waals surface area contributed by atoms with Gasteiger partial charge in [0, 0.05) is 37.8 Å². The number of esters is 1. The van der Waals surface area contributed by atoms with E-state index in [1.807, 2.05) is 4.90 Å². The van der Waals surface area contributed by atoms with E-state index in [1.54, 1.807) is 19.1 Å². The molecule has 0 aromatic heterocycles. The average Bonchev–Trinajstić information content (AvgIpc) is 3.21. The highest BCUT2D eigenvalue weighted by molar-refractivity contribution is 7.51. The van der Waals surface area contributed by atoms with Crippen LogP contribution >= 0.6 is 7.75 Å². The second-order valence-corrected chi connectivity index (χ2v) is 10.1. The van der Waals surface area contributed by atoms with Crippen LogP contribution in [0.15, 0.2) is 23.5 Å². The molecular weight excluding hydrogens is 516 g/mol. The first kappa shape index (κ1) is 28.6. The van der Waals surface area contributed by atoms with Crippen LogP contribution < -0.4 is 0 Å². The third-order valence-corrected chi connectivity index (χ3v) is 7.35. The number of allylic oxidation sites excluding steroid dienone is 4. The molecule has 13 nitrogen and oxygen atoms in total. The third kappa shape index (κ3) is 7.53. The van der Waals surface area contributed by atoms with Crippen molar-refractivity contribution >= 4 is 31.7 Å². The van der Waals surface area contributed by atoms with Crippen molar-refractivity contribution in [2.24, 2.45) is 0 Å². The smallest absolute Gasteiger partial charge is 0.466 e. The molecule has 0 spiro atoms. The fraction of sp³-hybridized carbons (Fsp3) is 0.636. The molecule has 2 heterocycles. The van der Waals surface area contributed by atoms with Crippen molar-refractivity contribution in [3.63, 3.8) is 0 Å². The van der Waals surface area contributed by atoms with Crippen LogP contribution in [0.5, 0.6) is 0 Å². The van der Waals surface area contributed by atoms with Crippen LogP contribution in [0.2, 0.25) is 0 Å². The van der Waals surface area contributed by atoms with Crippen LogP contribution in [-0.2, 0) is 37.7 Å². The molecule has 37 heavy (non-hydrogen) atoms. The number of alkyl halides is 1. The molecule has 206 valence electrons. The van der Waals surface area contributed by atoms with Gasteiger partial charge in [-0.3, -0.25) is 24.2 Å². The number of morpholine rings is 1. The summed E-state index contributed by atoms with van der Waals surface area (Å²) in [5.41, 5.74) is 0.869. The first-order valence-corrected chi connectivity index (χ1v) is 13.4. The normalized spacial score (nSPS) is 23.4. The van der Waals surface area contributed by atoms with Gasteiger partial charge >= 0.3 is 25.8 Å². The summed E-state index contributed by atoms with van der Waals surface area (Å²) in [6.45, 7) is 4.16. The van der Waals surface area contributed by atoms with E-state index in [4.69, 9.17) is 9.47 Å². The van der Waals surface area contributed by atoms with Crippen LogP contribution in [0.3, 0.4) is 0 Å². The lowest BCUT2D eigenvalue weighted by molar-refractivity contribution is -0.147. The van der Waals surface area contributed by atoms with Gasteiger partial charge in [0.1, 0.15) is 12.3 Å². The second-order valence-electron chi connectivity index (χ2n) is 8.50. The van der Waals surface area contributed by atoms with Crippen molar-refractivity contribution in [3.8, 4) is 0 Å². The van der Waals surface area contributed by atoms with Gasteiger partial charge in [0.05, 0.1) is 45.8 Å². The lowest BCUT2D eigenvalue weighted by Gasteiger charge is -2.34. The minimum absolute atomic E-state index is 0.0714. The minimum atomic E-state index is -4.98. The summed E-state index contributed by atoms with van der Waals surface area (Å²) in [7, 11) is -4.98. The van der Waals surface area contributed by atoms with Crippen molar-refractivity contribution in [1.82, 2.24) is 14.5 Å². The van der Waals surface area contributed by atoms with Gasteiger partial charge in [0.15, 0.2) is 0 Å². The number of amides is 2. The Bertz CT molecular complexity index is 1010. The van der Waals surface area contributed by atoms with E-state index in [9.17, 15) is 33.0 Å². The van der Waals surface area contributed by atoms with Gasteiger partial charge in [-0.1, -0.05) is 0 Å². The summed E-state index contributed by atoms with van der Waals surface area (Å²) in [5.74, 6) is -2.77. The van der Waals surface area contributed by atoms with E-state index in [0.29, 0.717) is 42.4 Å². The minimum Gasteiger partial charge on any atom is -0.466 e. The summed E-state index contributed by atoms with van der Waals surface area (Å²) in [6, 6.07) is 0. The number of cyclic esters (lactones) is 1. The fourth-order valence-electron chi connectivity index (χ4n) is 4.09. The van der Waals surface area contributed by atoms with E-state index in [-0.39, 0.29) is 26.0 Å². The quantitative estimate of drug-likeness (QED) is 0.313. The zero-order chi connectivity index (χ0) is 27.2. The highest BCUT2D eigenvalue weighted by atomic mass is 31.2. The number of halogens is 1. The topological polar surface area (TPSA) is 152 Å². The lowest BCUT2D eigenvalue weighted by Crippen LogP contribution is -2.40. The van der Waals surface area contributed by atoms with Crippen molar-refractivity contribution in [2.75, 3.05) is 46.0 Å². The van der Waals surface area contributed by atoms with Crippen LogP contribution in [-0.4, -0.2) is 102 Å². The molecule has 2 fully saturated rings. The number of nitrogens with zero attached hydrogens (tertiary/aromatic N) is 3. The van der Waals surface area contributed by atoms with Gasteiger partial charge in [-0.05, 0) is 19.1 Å². The molecule has 3 rings (SSSR count). The van der Waals surface area contributed by atoms with Crippen molar-refractivity contribution in [2.45, 2.75) is 45.4 Å². The number of carbonyl (C=O) groups excluding carboxylic acids is 4. The van der Waals surface area contributed by atoms with Crippen LogP contribution in [0, 0.1) is 0 Å². The summed E-state index contributed by atoms with van der Waals surface area (Å²) in [4.78, 5) is 61.3. The van der Waals surface area contributed by atoms with Gasteiger partial charge in [0.2, 0.25) is 5.91 Å². The predicted molar refractivity (Wildman–Crippen MR) is 124 cm³/mol. The van der Waals surface area contributed by atoms with E-state index in [2.05, 4.69) is 9.26 Å². The van der Waals surface area contributed by atoms with E-state index < -0.39 is 56.9 Å². The van der Waals surface area contributed by atoms with Crippen LogP contribution in [0.25, 0.3) is 0 Å². The molecule has 3 atom stereocenters. The van der Waals surface area contributed by atoms with Crippen LogP contribution in [0.4, 0.5) is 9.18 Å². The van der Waals surface area contributed by atoms with Gasteiger partial charge in [0.25, 0.3) is 0 Å². The van der Waals surface area contributed by atoms with E-state index >= 15 is 0 Å². The third-order valence-electron chi connectivity index (χ3n) is 5.86. The molecule has 15 heteroatoms. The number of rotatable bonds is 10. The number of hydrogen-bond acceptors (Lipinski definition) is 10. The molecule has 0 aromatic carbocycles. The van der Waals surface area contributed by atoms with Crippen molar-refractivity contribution in [1.29, 1.82) is 0 Å². The molecule has 1 N–H and O–H groups in total. The molecule has 0 bridgehead atoms. The second kappa shape index (κ2) is 12.5. The molecule has 0 radical (unpaired) electrons. The molecule has 2 amide bonds. The molecule has 1 aliphatic carbocycles. The van der Waals surface area contributed by atoms with Gasteiger partial charge in [-0.25, -0.2) is 18.4 Å². The average molecular weight is 547 g/mol. The molecular formula is C22H31FN3O10P. The number of carbonyl (C=O) groups is 4. The van der Waals surface area contributed by atoms with Crippen molar-refractivity contribution < 1.29 is 51.8 Å². The maximum atomic E-state index is 14.9. The monoisotopic (exact) mass is 547 g/mol. The van der Waals surface area contributed by atoms with E-state index in [0.717, 1.165) is 6.92 Å². The molecule has 2 aliphatic heterocycles. The first-order valence-electron chi connectivity index (χ1n) is 11.9. The fourth-order valence-corrected chi connectivity index (χ4v) is 5.29. The predicted octanol–water partition coefficient (Wildman–Crippen LogP) is 1.48. The summed E-state index contributed by atoms with van der Waals surface area (Å²) >= 11 is 0. The maximum absolute atomic E-state index is 14.9. The Morgan fingerprint density at radius 1 is 1.22 bits per heavy atom. The summed E-state index contributed by atoms with van der Waals surface area (Å²) in [6.07, 6.45) is -0.921. The van der Waals surface area contributed by atoms with Gasteiger partial charge < -0.3 is 23.6 Å². The molecule has 3 aliphatic rings. The SMILES string of the molecule is CCOC(=O)CCC(=O)OP(=O)(O)N(CC1CN(C2=CC=C(N3CCOCC3)C(F)C2)C(=O)O1)C(C)=O. The molecule has 0 aromatic rings. The number of hydrogen-bond donors (Lipinski definition) is 1.